The summed E-state index contributed by atoms with van der Waals surface area (Å²) in [5, 5.41) is 23.5. The van der Waals surface area contributed by atoms with Gasteiger partial charge in [0.2, 0.25) is 16.6 Å². The molecule has 0 amide bonds. The number of unbranched alkanes of at least 4 members (excludes halogenated alkanes) is 3. The Morgan fingerprint density at radius 3 is 1.41 bits per heavy atom. The molecule has 0 bridgehead atoms. The molecule has 0 saturated carbocycles. The number of nitrogens with zero attached hydrogens (tertiary/aromatic N) is 4. The molecule has 4 aromatic rings. The van der Waals surface area contributed by atoms with Gasteiger partial charge in [-0.3, -0.25) is 10.1 Å². The van der Waals surface area contributed by atoms with Gasteiger partial charge in [-0.2, -0.15) is 5.26 Å². The van der Waals surface area contributed by atoms with Crippen molar-refractivity contribution in [3.05, 3.63) is 94.9 Å². The number of nitriles is 1. The first-order valence-electron chi connectivity index (χ1n) is 22.6. The van der Waals surface area contributed by atoms with Gasteiger partial charge in [0.25, 0.3) is 0 Å². The molecule has 0 unspecified atom stereocenters. The molecule has 0 aliphatic rings. The number of hydroxylamine groups is 2. The van der Waals surface area contributed by atoms with E-state index in [1.54, 1.807) is 0 Å². The second kappa shape index (κ2) is 19.9. The first kappa shape index (κ1) is 51.4. The highest BCUT2D eigenvalue weighted by atomic mass is 32.1. The van der Waals surface area contributed by atoms with Crippen LogP contribution in [-0.2, 0) is 20.3 Å². The van der Waals surface area contributed by atoms with Crippen molar-refractivity contribution in [2.45, 2.75) is 169 Å². The predicted molar refractivity (Wildman–Crippen MR) is 275 cm³/mol. The first-order chi connectivity index (χ1) is 29.0. The number of aryl methyl sites for hydroxylation is 1. The number of anilines is 5. The molecule has 1 N–H and O–H groups in total. The fourth-order valence-corrected chi connectivity index (χ4v) is 9.88. The topological polar surface area (TPSA) is 89.3 Å². The van der Waals surface area contributed by atoms with Gasteiger partial charge in [0, 0.05) is 26.8 Å². The van der Waals surface area contributed by atoms with Crippen molar-refractivity contribution in [3.63, 3.8) is 0 Å². The molecule has 0 aliphatic carbocycles. The van der Waals surface area contributed by atoms with E-state index >= 15 is 0 Å². The van der Waals surface area contributed by atoms with Crippen molar-refractivity contribution in [1.29, 1.82) is 5.26 Å². The molecule has 342 valence electrons. The summed E-state index contributed by atoms with van der Waals surface area (Å²) in [5.74, 6) is -1.21. The Balaban J connectivity index is 1.84. The number of carboxylic acid groups (broad SMARTS) is 1. The minimum Gasteiger partial charge on any atom is -0.477 e. The summed E-state index contributed by atoms with van der Waals surface area (Å²) in [6.45, 7) is 38.1. The number of carbonyl (C=O) groups is 1. The van der Waals surface area contributed by atoms with Crippen LogP contribution in [0.4, 0.5) is 28.4 Å². The lowest BCUT2D eigenvalue weighted by Crippen LogP contribution is -2.52. The standard InChI is InChI=1S/C52H76N4O4SSi2/c1-18-19-20-21-22-39-35-46(61-47(39)36-40(37-53)48(57)58)38-23-25-41(26-24-38)54(42-27-31-44(32-28-42)55(49(2,3)4)59-62(14,15)51(8,9)10)43-29-33-45(34-30-43)56(50(5,6)7)60-63(16,17)52(11,12)13/h23-36H,18-22H2,1-17H3,(H,57,58)/b40-36+. The number of aliphatic carboxylic acids is 1. The normalized spacial score (nSPS) is 13.2. The summed E-state index contributed by atoms with van der Waals surface area (Å²) in [4.78, 5) is 16.0. The Labute approximate surface area is 386 Å². The van der Waals surface area contributed by atoms with Gasteiger partial charge in [-0.1, -0.05) is 79.9 Å². The Kier molecular flexibility index (Phi) is 16.3. The second-order valence-electron chi connectivity index (χ2n) is 21.8. The molecule has 1 aromatic heterocycles. The first-order valence-corrected chi connectivity index (χ1v) is 29.2. The zero-order valence-electron chi connectivity index (χ0n) is 41.5. The van der Waals surface area contributed by atoms with E-state index in [0.29, 0.717) is 0 Å². The third-order valence-corrected chi connectivity index (χ3v) is 22.0. The maximum absolute atomic E-state index is 11.8. The van der Waals surface area contributed by atoms with E-state index < -0.39 is 22.6 Å². The summed E-state index contributed by atoms with van der Waals surface area (Å²) >= 11 is 1.54. The summed E-state index contributed by atoms with van der Waals surface area (Å²) in [7, 11) is -4.31. The molecule has 0 saturated heterocycles. The van der Waals surface area contributed by atoms with Crippen molar-refractivity contribution in [1.82, 2.24) is 0 Å². The van der Waals surface area contributed by atoms with Crippen molar-refractivity contribution in [3.8, 4) is 16.5 Å². The van der Waals surface area contributed by atoms with E-state index in [1.807, 2.05) is 6.07 Å². The van der Waals surface area contributed by atoms with Crippen LogP contribution < -0.4 is 15.0 Å². The lowest BCUT2D eigenvalue weighted by molar-refractivity contribution is -0.132. The molecule has 0 atom stereocenters. The molecule has 0 aliphatic heterocycles. The highest BCUT2D eigenvalue weighted by Gasteiger charge is 2.43. The highest BCUT2D eigenvalue weighted by molar-refractivity contribution is 7.16. The molecular weight excluding hydrogens is 833 g/mol. The van der Waals surface area contributed by atoms with E-state index in [2.05, 4.69) is 210 Å². The van der Waals surface area contributed by atoms with E-state index in [0.717, 1.165) is 81.4 Å². The van der Waals surface area contributed by atoms with Gasteiger partial charge >= 0.3 is 5.97 Å². The molecule has 0 fully saturated rings. The number of benzene rings is 3. The van der Waals surface area contributed by atoms with Crippen LogP contribution in [0.5, 0.6) is 0 Å². The molecule has 4 rings (SSSR count). The van der Waals surface area contributed by atoms with Gasteiger partial charge in [0.15, 0.2) is 0 Å². The molecular formula is C52H76N4O4SSi2. The van der Waals surface area contributed by atoms with E-state index in [1.165, 1.54) is 17.4 Å². The molecule has 8 nitrogen and oxygen atoms in total. The largest absolute Gasteiger partial charge is 0.477 e. The molecule has 3 aromatic carbocycles. The van der Waals surface area contributed by atoms with E-state index in [9.17, 15) is 15.2 Å². The van der Waals surface area contributed by atoms with Gasteiger partial charge in [-0.05, 0) is 175 Å². The summed E-state index contributed by atoms with van der Waals surface area (Å²) in [6, 6.07) is 29.9. The van der Waals surface area contributed by atoms with Crippen LogP contribution >= 0.6 is 11.3 Å². The van der Waals surface area contributed by atoms with Crippen molar-refractivity contribution < 1.29 is 19.0 Å². The SMILES string of the molecule is CCCCCCc1cc(-c2ccc(N(c3ccc(N(O[Si](C)(C)C(C)(C)C)C(C)(C)C)cc3)c3ccc(N(O[Si](C)(C)C(C)(C)C)C(C)(C)C)cc3)cc2)sc1/C=C(\C#N)C(=O)O. The molecule has 0 spiro atoms. The number of carboxylic acids is 1. The smallest absolute Gasteiger partial charge is 0.346 e. The Bertz CT molecular complexity index is 2120. The zero-order chi connectivity index (χ0) is 47.3. The molecule has 11 heteroatoms. The number of rotatable bonds is 17. The highest BCUT2D eigenvalue weighted by Crippen LogP contribution is 2.44. The molecule has 1 heterocycles. The van der Waals surface area contributed by atoms with Crippen LogP contribution in [0.2, 0.25) is 36.3 Å². The fourth-order valence-electron chi connectivity index (χ4n) is 6.50. The quantitative estimate of drug-likeness (QED) is 0.0368. The number of hydrogen-bond acceptors (Lipinski definition) is 8. The fraction of sp³-hybridized carbons (Fsp3) is 0.500. The third-order valence-electron chi connectivity index (χ3n) is 12.3. The van der Waals surface area contributed by atoms with Crippen LogP contribution in [-0.4, -0.2) is 38.8 Å². The van der Waals surface area contributed by atoms with Crippen molar-refractivity contribution in [2.75, 3.05) is 15.0 Å². The minimum absolute atomic E-state index is 0.0412. The number of thiophene rings is 1. The predicted octanol–water partition coefficient (Wildman–Crippen LogP) is 16.1. The molecule has 63 heavy (non-hydrogen) atoms. The Morgan fingerprint density at radius 1 is 0.667 bits per heavy atom. The van der Waals surface area contributed by atoms with Crippen LogP contribution in [0.3, 0.4) is 0 Å². The lowest BCUT2D eigenvalue weighted by Gasteiger charge is -2.46. The van der Waals surface area contributed by atoms with Gasteiger partial charge in [-0.25, -0.2) is 4.79 Å². The van der Waals surface area contributed by atoms with E-state index in [-0.39, 0.29) is 26.7 Å². The maximum atomic E-state index is 11.8. The van der Waals surface area contributed by atoms with Crippen LogP contribution in [0.15, 0.2) is 84.4 Å². The monoisotopic (exact) mass is 909 g/mol. The van der Waals surface area contributed by atoms with Crippen LogP contribution in [0, 0.1) is 11.3 Å². The summed E-state index contributed by atoms with van der Waals surface area (Å²) in [5.41, 5.74) is 6.30. The van der Waals surface area contributed by atoms with Gasteiger partial charge in [0.1, 0.15) is 11.6 Å². The van der Waals surface area contributed by atoms with Crippen molar-refractivity contribution >= 4 is 68.5 Å². The Morgan fingerprint density at radius 2 is 1.06 bits per heavy atom. The van der Waals surface area contributed by atoms with Crippen LogP contribution in [0.1, 0.15) is 126 Å². The second-order valence-corrected chi connectivity index (χ2v) is 32.3. The summed E-state index contributed by atoms with van der Waals surface area (Å²) in [6.07, 6.45) is 6.78. The number of hydrogen-bond donors (Lipinski definition) is 1. The van der Waals surface area contributed by atoms with Gasteiger partial charge in [-0.15, -0.1) is 11.3 Å². The van der Waals surface area contributed by atoms with E-state index in [4.69, 9.17) is 9.05 Å². The van der Waals surface area contributed by atoms with Crippen molar-refractivity contribution in [2.24, 2.45) is 0 Å². The van der Waals surface area contributed by atoms with Gasteiger partial charge in [0.05, 0.1) is 22.5 Å². The zero-order valence-corrected chi connectivity index (χ0v) is 44.3. The minimum atomic E-state index is -2.16. The average molecular weight is 909 g/mol. The third kappa shape index (κ3) is 13.0. The van der Waals surface area contributed by atoms with Gasteiger partial charge < -0.3 is 19.1 Å². The Hall–Kier alpha value is -4.19. The van der Waals surface area contributed by atoms with Crippen LogP contribution in [0.25, 0.3) is 16.5 Å². The summed E-state index contributed by atoms with van der Waals surface area (Å²) < 4.78 is 14.0. The lowest BCUT2D eigenvalue weighted by atomic mass is 10.0. The average Bonchev–Trinajstić information content (AvgIpc) is 3.58. The maximum Gasteiger partial charge on any atom is 0.346 e. The molecule has 0 radical (unpaired) electrons.